The highest BCUT2D eigenvalue weighted by molar-refractivity contribution is 7.80. The van der Waals surface area contributed by atoms with Crippen molar-refractivity contribution in [3.63, 3.8) is 0 Å². The Bertz CT molecular complexity index is 574. The van der Waals surface area contributed by atoms with E-state index in [2.05, 4.69) is 20.6 Å². The topological polar surface area (TPSA) is 49.8 Å². The number of anilines is 1. The number of aryl methyl sites for hydroxylation is 1. The smallest absolute Gasteiger partial charge is 0.172 e. The molecule has 0 saturated carbocycles. The molecule has 4 nitrogen and oxygen atoms in total. The SMILES string of the molecule is Cc1nc(NC(=S)NCc2cccnc2)ccc1Cl. The second-order valence-corrected chi connectivity index (χ2v) is 4.75. The number of nitrogens with zero attached hydrogens (tertiary/aromatic N) is 2. The quantitative estimate of drug-likeness (QED) is 0.852. The van der Waals surface area contributed by atoms with Crippen LogP contribution in [0.2, 0.25) is 5.02 Å². The number of aromatic nitrogens is 2. The van der Waals surface area contributed by atoms with E-state index < -0.39 is 0 Å². The number of hydrogen-bond donors (Lipinski definition) is 2. The lowest BCUT2D eigenvalue weighted by molar-refractivity contribution is 0.915. The summed E-state index contributed by atoms with van der Waals surface area (Å²) in [5.41, 5.74) is 1.83. The minimum Gasteiger partial charge on any atom is -0.358 e. The lowest BCUT2D eigenvalue weighted by Gasteiger charge is -2.10. The van der Waals surface area contributed by atoms with E-state index in [0.29, 0.717) is 22.5 Å². The first-order valence-electron chi connectivity index (χ1n) is 5.72. The third-order valence-electron chi connectivity index (χ3n) is 2.44. The fourth-order valence-electron chi connectivity index (χ4n) is 1.46. The summed E-state index contributed by atoms with van der Waals surface area (Å²) in [7, 11) is 0. The zero-order chi connectivity index (χ0) is 13.7. The number of halogens is 1. The number of pyridine rings is 2. The monoisotopic (exact) mass is 292 g/mol. The van der Waals surface area contributed by atoms with Gasteiger partial charge in [0.1, 0.15) is 5.82 Å². The van der Waals surface area contributed by atoms with Gasteiger partial charge in [0.25, 0.3) is 0 Å². The highest BCUT2D eigenvalue weighted by Gasteiger charge is 2.02. The van der Waals surface area contributed by atoms with Gasteiger partial charge in [-0.05, 0) is 42.9 Å². The van der Waals surface area contributed by atoms with Crippen LogP contribution in [0.1, 0.15) is 11.3 Å². The van der Waals surface area contributed by atoms with Crippen molar-refractivity contribution in [2.24, 2.45) is 0 Å². The van der Waals surface area contributed by atoms with Gasteiger partial charge in [0.15, 0.2) is 5.11 Å². The van der Waals surface area contributed by atoms with Gasteiger partial charge in [-0.15, -0.1) is 0 Å². The molecule has 0 spiro atoms. The lowest BCUT2D eigenvalue weighted by Crippen LogP contribution is -2.28. The van der Waals surface area contributed by atoms with Crippen LogP contribution in [0.15, 0.2) is 36.7 Å². The minimum absolute atomic E-state index is 0.512. The fourth-order valence-corrected chi connectivity index (χ4v) is 1.74. The molecule has 0 atom stereocenters. The van der Waals surface area contributed by atoms with Crippen LogP contribution in [0.5, 0.6) is 0 Å². The Kier molecular flexibility index (Phi) is 4.65. The van der Waals surface area contributed by atoms with Crippen molar-refractivity contribution < 1.29 is 0 Å². The zero-order valence-electron chi connectivity index (χ0n) is 10.4. The van der Waals surface area contributed by atoms with E-state index in [1.165, 1.54) is 0 Å². The molecule has 0 aliphatic carbocycles. The molecule has 98 valence electrons. The number of thiocarbonyl (C=S) groups is 1. The third-order valence-corrected chi connectivity index (χ3v) is 3.08. The summed E-state index contributed by atoms with van der Waals surface area (Å²) in [6.45, 7) is 2.46. The molecule has 0 fully saturated rings. The van der Waals surface area contributed by atoms with E-state index in [0.717, 1.165) is 11.3 Å². The predicted molar refractivity (Wildman–Crippen MR) is 81.3 cm³/mol. The molecular weight excluding hydrogens is 280 g/mol. The Morgan fingerprint density at radius 3 is 2.89 bits per heavy atom. The van der Waals surface area contributed by atoms with Crippen molar-refractivity contribution in [1.82, 2.24) is 15.3 Å². The Balaban J connectivity index is 1.89. The number of hydrogen-bond acceptors (Lipinski definition) is 3. The molecule has 0 aliphatic rings. The molecule has 2 heterocycles. The number of nitrogens with one attached hydrogen (secondary N) is 2. The third kappa shape index (κ3) is 4.15. The van der Waals surface area contributed by atoms with Gasteiger partial charge >= 0.3 is 0 Å². The van der Waals surface area contributed by atoms with Crippen molar-refractivity contribution in [1.29, 1.82) is 0 Å². The summed E-state index contributed by atoms with van der Waals surface area (Å²) in [6.07, 6.45) is 3.53. The number of rotatable bonds is 3. The van der Waals surface area contributed by atoms with Crippen LogP contribution in [0.4, 0.5) is 5.82 Å². The standard InChI is InChI=1S/C13H13ClN4S/c1-9-11(14)4-5-12(17-9)18-13(19)16-8-10-3-2-6-15-7-10/h2-7H,8H2,1H3,(H2,16,17,18,19). The van der Waals surface area contributed by atoms with Crippen LogP contribution in [-0.4, -0.2) is 15.1 Å². The highest BCUT2D eigenvalue weighted by atomic mass is 35.5. The fraction of sp³-hybridized carbons (Fsp3) is 0.154. The first-order chi connectivity index (χ1) is 9.15. The lowest BCUT2D eigenvalue weighted by atomic mass is 10.3. The average Bonchev–Trinajstić information content (AvgIpc) is 2.42. The second kappa shape index (κ2) is 6.45. The summed E-state index contributed by atoms with van der Waals surface area (Å²) in [6, 6.07) is 7.44. The molecular formula is C13H13ClN4S. The first-order valence-corrected chi connectivity index (χ1v) is 6.50. The van der Waals surface area contributed by atoms with Crippen molar-refractivity contribution in [3.05, 3.63) is 52.9 Å². The molecule has 0 unspecified atom stereocenters. The summed E-state index contributed by atoms with van der Waals surface area (Å²) in [5, 5.41) is 7.25. The highest BCUT2D eigenvalue weighted by Crippen LogP contribution is 2.15. The summed E-state index contributed by atoms with van der Waals surface area (Å²) in [4.78, 5) is 8.32. The normalized spacial score (nSPS) is 10.0. The molecule has 0 aliphatic heterocycles. The van der Waals surface area contributed by atoms with Gasteiger partial charge in [0.2, 0.25) is 0 Å². The van der Waals surface area contributed by atoms with E-state index in [-0.39, 0.29) is 0 Å². The second-order valence-electron chi connectivity index (χ2n) is 3.93. The molecule has 2 aromatic heterocycles. The van der Waals surface area contributed by atoms with E-state index in [4.69, 9.17) is 23.8 Å². The molecule has 2 rings (SSSR count). The molecule has 6 heteroatoms. The van der Waals surface area contributed by atoms with E-state index in [1.807, 2.05) is 19.1 Å². The zero-order valence-corrected chi connectivity index (χ0v) is 11.9. The maximum Gasteiger partial charge on any atom is 0.172 e. The van der Waals surface area contributed by atoms with Crippen LogP contribution in [0.25, 0.3) is 0 Å². The van der Waals surface area contributed by atoms with Gasteiger partial charge in [-0.1, -0.05) is 17.7 Å². The van der Waals surface area contributed by atoms with Crippen LogP contribution in [0, 0.1) is 6.92 Å². The molecule has 19 heavy (non-hydrogen) atoms. The molecule has 2 N–H and O–H groups in total. The van der Waals surface area contributed by atoms with E-state index >= 15 is 0 Å². The van der Waals surface area contributed by atoms with Gasteiger partial charge in [0.05, 0.1) is 10.7 Å². The largest absolute Gasteiger partial charge is 0.358 e. The molecule has 2 aromatic rings. The van der Waals surface area contributed by atoms with Crippen LogP contribution < -0.4 is 10.6 Å². The average molecular weight is 293 g/mol. The van der Waals surface area contributed by atoms with Gasteiger partial charge in [-0.2, -0.15) is 0 Å². The van der Waals surface area contributed by atoms with Crippen molar-refractivity contribution in [2.45, 2.75) is 13.5 Å². The van der Waals surface area contributed by atoms with E-state index in [1.54, 1.807) is 24.5 Å². The molecule has 0 amide bonds. The van der Waals surface area contributed by atoms with Crippen LogP contribution >= 0.6 is 23.8 Å². The first kappa shape index (κ1) is 13.7. The maximum absolute atomic E-state index is 5.91. The molecule has 0 bridgehead atoms. The Morgan fingerprint density at radius 2 is 2.21 bits per heavy atom. The van der Waals surface area contributed by atoms with Crippen LogP contribution in [-0.2, 0) is 6.54 Å². The van der Waals surface area contributed by atoms with Crippen molar-refractivity contribution >= 4 is 34.7 Å². The summed E-state index contributed by atoms with van der Waals surface area (Å²) in [5.74, 6) is 0.672. The van der Waals surface area contributed by atoms with Crippen molar-refractivity contribution in [3.8, 4) is 0 Å². The summed E-state index contributed by atoms with van der Waals surface area (Å²) < 4.78 is 0. The van der Waals surface area contributed by atoms with Gasteiger partial charge in [-0.25, -0.2) is 4.98 Å². The van der Waals surface area contributed by atoms with Crippen molar-refractivity contribution in [2.75, 3.05) is 5.32 Å². The Hall–Kier alpha value is -1.72. The van der Waals surface area contributed by atoms with Gasteiger partial charge < -0.3 is 10.6 Å². The molecule has 0 saturated heterocycles. The maximum atomic E-state index is 5.91. The predicted octanol–water partition coefficient (Wildman–Crippen LogP) is 2.93. The van der Waals surface area contributed by atoms with Gasteiger partial charge in [0, 0.05) is 18.9 Å². The Labute approximate surface area is 122 Å². The summed E-state index contributed by atoms with van der Waals surface area (Å²) >= 11 is 11.1. The minimum atomic E-state index is 0.512. The Morgan fingerprint density at radius 1 is 1.37 bits per heavy atom. The van der Waals surface area contributed by atoms with Gasteiger partial charge in [-0.3, -0.25) is 4.98 Å². The molecule has 0 radical (unpaired) electrons. The van der Waals surface area contributed by atoms with E-state index in [9.17, 15) is 0 Å². The van der Waals surface area contributed by atoms with Crippen LogP contribution in [0.3, 0.4) is 0 Å². The molecule has 0 aromatic carbocycles.